The van der Waals surface area contributed by atoms with Gasteiger partial charge in [0, 0.05) is 6.07 Å². The molecule has 0 bridgehead atoms. The second-order valence-corrected chi connectivity index (χ2v) is 5.21. The smallest absolute Gasteiger partial charge is 0.382 e. The summed E-state index contributed by atoms with van der Waals surface area (Å²) in [6, 6.07) is 6.80. The molecule has 0 aliphatic heterocycles. The molecule has 1 N–H and O–H groups in total. The lowest BCUT2D eigenvalue weighted by atomic mass is 10.0. The average molecular weight is 355 g/mol. The second-order valence-electron chi connectivity index (χ2n) is 5.21. The van der Waals surface area contributed by atoms with Crippen LogP contribution in [0.5, 0.6) is 0 Å². The van der Waals surface area contributed by atoms with Gasteiger partial charge in [-0.2, -0.15) is 13.2 Å². The fraction of sp³-hybridized carbons (Fsp3) is 0.125. The van der Waals surface area contributed by atoms with Crippen molar-refractivity contribution in [2.75, 3.05) is 0 Å². The number of hydrogen-bond acceptors (Lipinski definition) is 3. The van der Waals surface area contributed by atoms with Crippen molar-refractivity contribution in [3.05, 3.63) is 77.1 Å². The number of benzene rings is 2. The van der Waals surface area contributed by atoms with Crippen LogP contribution >= 0.6 is 0 Å². The van der Waals surface area contributed by atoms with Gasteiger partial charge >= 0.3 is 6.18 Å². The first-order valence-corrected chi connectivity index (χ1v) is 6.98. The molecule has 25 heavy (non-hydrogen) atoms. The number of hydrogen-bond donors (Lipinski definition) is 1. The van der Waals surface area contributed by atoms with Gasteiger partial charge in [0.2, 0.25) is 0 Å². The Kier molecular flexibility index (Phi) is 4.25. The highest BCUT2D eigenvalue weighted by molar-refractivity contribution is 5.35. The van der Waals surface area contributed by atoms with Gasteiger partial charge in [0.05, 0.1) is 11.8 Å². The topological polar surface area (TPSA) is 50.9 Å². The summed E-state index contributed by atoms with van der Waals surface area (Å²) in [7, 11) is 0. The highest BCUT2D eigenvalue weighted by Gasteiger charge is 2.31. The first-order valence-electron chi connectivity index (χ1n) is 6.98. The maximum absolute atomic E-state index is 13.7. The summed E-state index contributed by atoms with van der Waals surface area (Å²) in [5.74, 6) is -1.47. The van der Waals surface area contributed by atoms with Gasteiger partial charge in [-0.3, -0.25) is 0 Å². The molecule has 1 atom stereocenters. The van der Waals surface area contributed by atoms with Crippen LogP contribution in [0.3, 0.4) is 0 Å². The number of rotatable bonds is 3. The molecule has 3 rings (SSSR count). The molecule has 0 radical (unpaired) electrons. The van der Waals surface area contributed by atoms with E-state index in [4.69, 9.17) is 0 Å². The third kappa shape index (κ3) is 3.50. The van der Waals surface area contributed by atoms with Crippen LogP contribution < -0.4 is 0 Å². The van der Waals surface area contributed by atoms with Gasteiger partial charge in [-0.15, -0.1) is 5.10 Å². The number of aromatic nitrogens is 3. The predicted octanol–water partition coefficient (Wildman–Crippen LogP) is 3.65. The minimum atomic E-state index is -4.56. The zero-order valence-electron chi connectivity index (χ0n) is 12.4. The molecule has 0 aliphatic carbocycles. The summed E-state index contributed by atoms with van der Waals surface area (Å²) in [6.07, 6.45) is -4.95. The Morgan fingerprint density at radius 1 is 1.04 bits per heavy atom. The summed E-state index contributed by atoms with van der Waals surface area (Å²) in [5, 5.41) is 17.4. The van der Waals surface area contributed by atoms with Crippen molar-refractivity contribution in [3.8, 4) is 5.69 Å². The normalized spacial score (nSPS) is 13.0. The lowest BCUT2D eigenvalue weighted by molar-refractivity contribution is -0.137. The number of aliphatic hydroxyl groups excluding tert-OH is 1. The van der Waals surface area contributed by atoms with E-state index in [0.29, 0.717) is 0 Å². The van der Waals surface area contributed by atoms with Crippen LogP contribution in [-0.2, 0) is 6.18 Å². The molecule has 130 valence electrons. The van der Waals surface area contributed by atoms with E-state index in [1.54, 1.807) is 0 Å². The molecule has 1 heterocycles. The van der Waals surface area contributed by atoms with Crippen LogP contribution in [0, 0.1) is 11.6 Å². The summed E-state index contributed by atoms with van der Waals surface area (Å²) >= 11 is 0. The molecular weight excluding hydrogens is 345 g/mol. The Morgan fingerprint density at radius 3 is 2.52 bits per heavy atom. The summed E-state index contributed by atoms with van der Waals surface area (Å²) in [5.41, 5.74) is -1.33. The standard InChI is InChI=1S/C16H10F5N3O/c17-11-4-5-12(18)14(7-11)24-8-13(22-23-24)15(25)9-2-1-3-10(6-9)16(19,20)21/h1-8,15,25H. The fourth-order valence-corrected chi connectivity index (χ4v) is 2.24. The van der Waals surface area contributed by atoms with E-state index in [1.807, 2.05) is 0 Å². The first-order chi connectivity index (χ1) is 11.8. The Morgan fingerprint density at radius 2 is 1.80 bits per heavy atom. The van der Waals surface area contributed by atoms with Crippen molar-refractivity contribution in [2.24, 2.45) is 0 Å². The van der Waals surface area contributed by atoms with Crippen molar-refractivity contribution in [1.29, 1.82) is 0 Å². The van der Waals surface area contributed by atoms with E-state index in [0.717, 1.165) is 47.3 Å². The monoisotopic (exact) mass is 355 g/mol. The minimum absolute atomic E-state index is 0.0541. The molecule has 0 amide bonds. The van der Waals surface area contributed by atoms with Crippen molar-refractivity contribution in [1.82, 2.24) is 15.0 Å². The molecule has 0 saturated carbocycles. The maximum atomic E-state index is 13.7. The number of aliphatic hydroxyl groups is 1. The van der Waals surface area contributed by atoms with Gasteiger partial charge in [0.25, 0.3) is 0 Å². The molecule has 9 heteroatoms. The molecule has 0 saturated heterocycles. The third-order valence-electron chi connectivity index (χ3n) is 3.48. The minimum Gasteiger partial charge on any atom is -0.382 e. The molecule has 0 spiro atoms. The van der Waals surface area contributed by atoms with Crippen molar-refractivity contribution in [3.63, 3.8) is 0 Å². The van der Waals surface area contributed by atoms with Crippen molar-refractivity contribution in [2.45, 2.75) is 12.3 Å². The lowest BCUT2D eigenvalue weighted by Gasteiger charge is -2.11. The molecule has 1 aromatic heterocycles. The van der Waals surface area contributed by atoms with Gasteiger partial charge in [-0.05, 0) is 29.8 Å². The van der Waals surface area contributed by atoms with E-state index >= 15 is 0 Å². The van der Waals surface area contributed by atoms with E-state index in [9.17, 15) is 27.1 Å². The SMILES string of the molecule is OC(c1cccc(C(F)(F)F)c1)c1cn(-c2cc(F)ccc2F)nn1. The Bertz CT molecular complexity index is 907. The zero-order chi connectivity index (χ0) is 18.2. The molecular formula is C16H10F5N3O. The largest absolute Gasteiger partial charge is 0.416 e. The maximum Gasteiger partial charge on any atom is 0.416 e. The third-order valence-corrected chi connectivity index (χ3v) is 3.48. The van der Waals surface area contributed by atoms with Crippen molar-refractivity contribution >= 4 is 0 Å². The highest BCUT2D eigenvalue weighted by Crippen LogP contribution is 2.31. The first kappa shape index (κ1) is 17.0. The number of nitrogens with zero attached hydrogens (tertiary/aromatic N) is 3. The molecule has 0 fully saturated rings. The fourth-order valence-electron chi connectivity index (χ4n) is 2.24. The Balaban J connectivity index is 1.93. The summed E-state index contributed by atoms with van der Waals surface area (Å²) in [6.45, 7) is 0. The lowest BCUT2D eigenvalue weighted by Crippen LogP contribution is -2.07. The quantitative estimate of drug-likeness (QED) is 0.730. The molecule has 0 aliphatic rings. The molecule has 2 aromatic carbocycles. The van der Waals surface area contributed by atoms with E-state index in [2.05, 4.69) is 10.3 Å². The van der Waals surface area contributed by atoms with E-state index in [-0.39, 0.29) is 16.9 Å². The predicted molar refractivity (Wildman–Crippen MR) is 76.8 cm³/mol. The van der Waals surface area contributed by atoms with Gasteiger partial charge in [-0.25, -0.2) is 13.5 Å². The highest BCUT2D eigenvalue weighted by atomic mass is 19.4. The van der Waals surface area contributed by atoms with Crippen LogP contribution in [0.25, 0.3) is 5.69 Å². The number of alkyl halides is 3. The van der Waals surface area contributed by atoms with Crippen molar-refractivity contribution < 1.29 is 27.1 Å². The molecule has 4 nitrogen and oxygen atoms in total. The molecule has 3 aromatic rings. The van der Waals surface area contributed by atoms with Gasteiger partial charge < -0.3 is 5.11 Å². The Labute approximate surface area is 138 Å². The van der Waals surface area contributed by atoms with Crippen LogP contribution in [0.15, 0.2) is 48.7 Å². The molecule has 1 unspecified atom stereocenters. The number of halogens is 5. The van der Waals surface area contributed by atoms with E-state index < -0.39 is 29.5 Å². The van der Waals surface area contributed by atoms with Gasteiger partial charge in [-0.1, -0.05) is 17.3 Å². The van der Waals surface area contributed by atoms with Gasteiger partial charge in [0.1, 0.15) is 29.1 Å². The summed E-state index contributed by atoms with van der Waals surface area (Å²) in [4.78, 5) is 0. The second kappa shape index (κ2) is 6.25. The summed E-state index contributed by atoms with van der Waals surface area (Å²) < 4.78 is 66.1. The van der Waals surface area contributed by atoms with Crippen LogP contribution in [0.4, 0.5) is 22.0 Å². The van der Waals surface area contributed by atoms with Crippen LogP contribution in [0.2, 0.25) is 0 Å². The van der Waals surface area contributed by atoms with Crippen LogP contribution in [-0.4, -0.2) is 20.1 Å². The average Bonchev–Trinajstić information content (AvgIpc) is 3.05. The van der Waals surface area contributed by atoms with Gasteiger partial charge in [0.15, 0.2) is 0 Å². The Hall–Kier alpha value is -2.81. The van der Waals surface area contributed by atoms with E-state index in [1.165, 1.54) is 6.07 Å². The zero-order valence-corrected chi connectivity index (χ0v) is 12.4. The van der Waals surface area contributed by atoms with Crippen LogP contribution in [0.1, 0.15) is 22.9 Å².